The molecule has 5 aromatic rings. The van der Waals surface area contributed by atoms with Gasteiger partial charge in [0.1, 0.15) is 23.6 Å². The number of fused-ring (bicyclic) bond motifs is 1. The Balaban J connectivity index is 1.67. The van der Waals surface area contributed by atoms with Crippen LogP contribution >= 0.6 is 0 Å². The van der Waals surface area contributed by atoms with Crippen LogP contribution in [0, 0.1) is 18.6 Å². The van der Waals surface area contributed by atoms with E-state index in [9.17, 15) is 22.7 Å². The highest BCUT2D eigenvalue weighted by Crippen LogP contribution is 2.38. The van der Waals surface area contributed by atoms with Crippen LogP contribution in [0.2, 0.25) is 0 Å². The summed E-state index contributed by atoms with van der Waals surface area (Å²) in [5.74, 6) is -2.78. The van der Waals surface area contributed by atoms with Gasteiger partial charge in [0.05, 0.1) is 22.3 Å². The topological polar surface area (TPSA) is 149 Å². The van der Waals surface area contributed by atoms with Gasteiger partial charge in [-0.3, -0.25) is 4.98 Å². The van der Waals surface area contributed by atoms with Crippen LogP contribution in [0.5, 0.6) is 5.75 Å². The molecule has 1 saturated carbocycles. The highest BCUT2D eigenvalue weighted by molar-refractivity contribution is 7.91. The molecule has 0 amide bonds. The smallest absolute Gasteiger partial charge is 0.355 e. The minimum atomic E-state index is -4.48. The Morgan fingerprint density at radius 1 is 1.09 bits per heavy atom. The van der Waals surface area contributed by atoms with Crippen molar-refractivity contribution in [1.29, 1.82) is 0 Å². The number of aromatic hydroxyl groups is 1. The van der Waals surface area contributed by atoms with E-state index in [1.54, 1.807) is 19.2 Å². The van der Waals surface area contributed by atoms with Gasteiger partial charge in [0.15, 0.2) is 23.1 Å². The van der Waals surface area contributed by atoms with E-state index in [-0.39, 0.29) is 22.9 Å². The molecular weight excluding hydrogens is 582 g/mol. The summed E-state index contributed by atoms with van der Waals surface area (Å²) < 4.78 is 60.3. The zero-order valence-corrected chi connectivity index (χ0v) is 24.3. The van der Waals surface area contributed by atoms with Crippen molar-refractivity contribution in [3.8, 4) is 22.7 Å². The van der Waals surface area contributed by atoms with Gasteiger partial charge in [0, 0.05) is 19.2 Å². The second-order valence-electron chi connectivity index (χ2n) is 10.6. The molecule has 43 heavy (non-hydrogen) atoms. The second-order valence-corrected chi connectivity index (χ2v) is 12.4. The molecule has 0 radical (unpaired) electrons. The first-order valence-corrected chi connectivity index (χ1v) is 14.8. The molecule has 0 spiro atoms. The second kappa shape index (κ2) is 10.2. The number of phenolic OH excluding ortho intramolecular Hbond substituents is 1. The Kier molecular flexibility index (Phi) is 6.71. The Labute approximate surface area is 244 Å². The van der Waals surface area contributed by atoms with Crippen LogP contribution in [0.25, 0.3) is 28.0 Å². The number of benzene rings is 1. The maximum atomic E-state index is 15.8. The van der Waals surface area contributed by atoms with Gasteiger partial charge in [-0.25, -0.2) is 32.4 Å². The largest absolute Gasteiger partial charge is 0.507 e. The van der Waals surface area contributed by atoms with E-state index in [0.29, 0.717) is 31.2 Å². The van der Waals surface area contributed by atoms with Gasteiger partial charge in [-0.05, 0) is 55.5 Å². The van der Waals surface area contributed by atoms with E-state index in [1.807, 2.05) is 13.8 Å². The van der Waals surface area contributed by atoms with Crippen LogP contribution in [0.3, 0.4) is 0 Å². The minimum absolute atomic E-state index is 0.0778. The van der Waals surface area contributed by atoms with Crippen LogP contribution in [0.15, 0.2) is 47.7 Å². The highest BCUT2D eigenvalue weighted by atomic mass is 32.2. The zero-order valence-electron chi connectivity index (χ0n) is 23.5. The monoisotopic (exact) mass is 608 g/mol. The predicted octanol–water partition coefficient (Wildman–Crippen LogP) is 3.96. The molecule has 6 rings (SSSR count). The van der Waals surface area contributed by atoms with E-state index in [4.69, 9.17) is 0 Å². The Bertz CT molecular complexity index is 2070. The average Bonchev–Trinajstić information content (AvgIpc) is 3.68. The number of anilines is 1. The van der Waals surface area contributed by atoms with Crippen LogP contribution in [0.1, 0.15) is 55.6 Å². The number of aryl methyl sites for hydroxylation is 1. The standard InChI is InChI=1S/C28H26F2N8O4S/c1-14(2)22-24(15(3)10-11-31-22)38-27-17(12-19(30)23(33-27)21-18(29)6-5-7-20(21)39)26(34-28(38)40)36(4)43(41,42)37-13-32-25(35-37)16-8-9-16/h5-7,10-14,16,39H,8-9H2,1-4H3. The van der Waals surface area contributed by atoms with Crippen molar-refractivity contribution in [3.05, 3.63) is 82.1 Å². The number of nitrogens with zero attached hydrogens (tertiary/aromatic N) is 8. The van der Waals surface area contributed by atoms with Crippen LogP contribution in [-0.2, 0) is 10.2 Å². The van der Waals surface area contributed by atoms with Gasteiger partial charge in [-0.2, -0.15) is 13.4 Å². The van der Waals surface area contributed by atoms with Gasteiger partial charge in [-0.15, -0.1) is 9.19 Å². The van der Waals surface area contributed by atoms with Crippen molar-refractivity contribution in [2.75, 3.05) is 11.4 Å². The normalized spacial score (nSPS) is 13.7. The van der Waals surface area contributed by atoms with Crippen molar-refractivity contribution < 1.29 is 22.3 Å². The van der Waals surface area contributed by atoms with Crippen molar-refractivity contribution in [2.24, 2.45) is 0 Å². The lowest BCUT2D eigenvalue weighted by atomic mass is 10.0. The number of phenols is 1. The van der Waals surface area contributed by atoms with Gasteiger partial charge in [0.25, 0.3) is 0 Å². The summed E-state index contributed by atoms with van der Waals surface area (Å²) in [6, 6.07) is 6.02. The molecule has 15 heteroatoms. The Morgan fingerprint density at radius 3 is 2.51 bits per heavy atom. The molecule has 1 fully saturated rings. The van der Waals surface area contributed by atoms with Crippen molar-refractivity contribution >= 4 is 27.1 Å². The summed E-state index contributed by atoms with van der Waals surface area (Å²) in [5, 5.41) is 14.3. The lowest BCUT2D eigenvalue weighted by Gasteiger charge is -2.22. The third-order valence-electron chi connectivity index (χ3n) is 7.27. The van der Waals surface area contributed by atoms with Crippen molar-refractivity contribution in [1.82, 2.24) is 33.7 Å². The fraction of sp³-hybridized carbons (Fsp3) is 0.286. The third-order valence-corrected chi connectivity index (χ3v) is 8.78. The highest BCUT2D eigenvalue weighted by Gasteiger charge is 2.32. The number of rotatable bonds is 7. The summed E-state index contributed by atoms with van der Waals surface area (Å²) in [7, 11) is -3.34. The molecule has 0 unspecified atom stereocenters. The molecule has 0 aliphatic heterocycles. The number of halogens is 2. The molecule has 1 aliphatic rings. The SMILES string of the molecule is Cc1ccnc(C(C)C)c1-n1c(=O)nc(N(C)S(=O)(=O)n2cnc(C3CC3)n2)c2cc(F)c(-c3c(O)cccc3F)nc21. The van der Waals surface area contributed by atoms with Gasteiger partial charge >= 0.3 is 15.9 Å². The first-order valence-electron chi connectivity index (χ1n) is 13.4. The third kappa shape index (κ3) is 4.69. The first kappa shape index (κ1) is 28.3. The van der Waals surface area contributed by atoms with E-state index in [1.165, 1.54) is 12.1 Å². The number of aromatic nitrogens is 7. The Hall–Kier alpha value is -4.79. The molecule has 1 aliphatic carbocycles. The quantitative estimate of drug-likeness (QED) is 0.290. The van der Waals surface area contributed by atoms with Gasteiger partial charge in [-0.1, -0.05) is 19.9 Å². The van der Waals surface area contributed by atoms with Gasteiger partial charge in [0.2, 0.25) is 0 Å². The summed E-state index contributed by atoms with van der Waals surface area (Å²) >= 11 is 0. The Morgan fingerprint density at radius 2 is 1.84 bits per heavy atom. The summed E-state index contributed by atoms with van der Waals surface area (Å²) in [5.41, 5.74) is -0.872. The molecule has 0 saturated heterocycles. The fourth-order valence-corrected chi connectivity index (χ4v) is 5.85. The maximum Gasteiger partial charge on any atom is 0.355 e. The maximum absolute atomic E-state index is 15.8. The molecule has 0 bridgehead atoms. The first-order chi connectivity index (χ1) is 20.4. The minimum Gasteiger partial charge on any atom is -0.507 e. The fourth-order valence-electron chi connectivity index (χ4n) is 4.89. The summed E-state index contributed by atoms with van der Waals surface area (Å²) in [4.78, 5) is 30.8. The van der Waals surface area contributed by atoms with Crippen LogP contribution in [0.4, 0.5) is 14.6 Å². The summed E-state index contributed by atoms with van der Waals surface area (Å²) in [6.45, 7) is 5.47. The van der Waals surface area contributed by atoms with E-state index in [0.717, 1.165) is 42.9 Å². The molecule has 4 aromatic heterocycles. The predicted molar refractivity (Wildman–Crippen MR) is 153 cm³/mol. The number of hydrogen-bond acceptors (Lipinski definition) is 9. The van der Waals surface area contributed by atoms with Crippen LogP contribution in [-0.4, -0.2) is 54.3 Å². The lowest BCUT2D eigenvalue weighted by Crippen LogP contribution is -2.36. The molecule has 1 aromatic carbocycles. The molecule has 1 N–H and O–H groups in total. The van der Waals surface area contributed by atoms with E-state index in [2.05, 4.69) is 25.0 Å². The molecule has 0 atom stereocenters. The number of pyridine rings is 2. The lowest BCUT2D eigenvalue weighted by molar-refractivity contribution is 0.470. The van der Waals surface area contributed by atoms with E-state index >= 15 is 4.39 Å². The van der Waals surface area contributed by atoms with E-state index < -0.39 is 50.4 Å². The van der Waals surface area contributed by atoms with Crippen LogP contribution < -0.4 is 9.99 Å². The molecular formula is C28H26F2N8O4S. The average molecular weight is 609 g/mol. The number of hydrogen-bond donors (Lipinski definition) is 1. The molecule has 12 nitrogen and oxygen atoms in total. The van der Waals surface area contributed by atoms with Crippen molar-refractivity contribution in [3.63, 3.8) is 0 Å². The summed E-state index contributed by atoms with van der Waals surface area (Å²) in [6.07, 6.45) is 4.32. The van der Waals surface area contributed by atoms with Crippen molar-refractivity contribution in [2.45, 2.75) is 45.4 Å². The molecule has 4 heterocycles. The zero-order chi connectivity index (χ0) is 30.8. The van der Waals surface area contributed by atoms with Gasteiger partial charge < -0.3 is 5.11 Å². The molecule has 222 valence electrons.